The predicted octanol–water partition coefficient (Wildman–Crippen LogP) is 2.30. The molecule has 5 heteroatoms. The molecule has 0 amide bonds. The van der Waals surface area contributed by atoms with E-state index in [0.717, 1.165) is 16.8 Å². The SMILES string of the molecule is Cc1ccc(N(CC(C)C(=O)O)C(C)C(=O)O)c(C)c1. The van der Waals surface area contributed by atoms with Crippen molar-refractivity contribution < 1.29 is 19.8 Å². The number of carbonyl (C=O) groups is 2. The Morgan fingerprint density at radius 2 is 1.75 bits per heavy atom. The third-order valence-corrected chi connectivity index (χ3v) is 3.38. The quantitative estimate of drug-likeness (QED) is 0.835. The summed E-state index contributed by atoms with van der Waals surface area (Å²) in [4.78, 5) is 23.9. The van der Waals surface area contributed by atoms with Crippen molar-refractivity contribution in [3.8, 4) is 0 Å². The molecular formula is C15H21NO4. The van der Waals surface area contributed by atoms with E-state index in [2.05, 4.69) is 0 Å². The molecule has 1 aromatic rings. The van der Waals surface area contributed by atoms with Crippen molar-refractivity contribution in [2.24, 2.45) is 5.92 Å². The highest BCUT2D eigenvalue weighted by Gasteiger charge is 2.26. The van der Waals surface area contributed by atoms with E-state index in [-0.39, 0.29) is 6.54 Å². The second-order valence-electron chi connectivity index (χ2n) is 5.20. The van der Waals surface area contributed by atoms with Crippen molar-refractivity contribution in [1.29, 1.82) is 0 Å². The molecule has 1 rings (SSSR count). The number of aryl methyl sites for hydroxylation is 2. The molecule has 2 unspecified atom stereocenters. The van der Waals surface area contributed by atoms with Crippen LogP contribution in [-0.2, 0) is 9.59 Å². The normalized spacial score (nSPS) is 13.6. The van der Waals surface area contributed by atoms with E-state index in [1.807, 2.05) is 32.0 Å². The number of hydrogen-bond donors (Lipinski definition) is 2. The van der Waals surface area contributed by atoms with Crippen LogP contribution < -0.4 is 4.90 Å². The van der Waals surface area contributed by atoms with Crippen LogP contribution in [-0.4, -0.2) is 34.7 Å². The highest BCUT2D eigenvalue weighted by Crippen LogP contribution is 2.24. The van der Waals surface area contributed by atoms with Crippen LogP contribution >= 0.6 is 0 Å². The topological polar surface area (TPSA) is 77.8 Å². The van der Waals surface area contributed by atoms with Crippen molar-refractivity contribution >= 4 is 17.6 Å². The molecule has 0 saturated carbocycles. The lowest BCUT2D eigenvalue weighted by Gasteiger charge is -2.31. The maximum Gasteiger partial charge on any atom is 0.326 e. The number of benzene rings is 1. The van der Waals surface area contributed by atoms with Gasteiger partial charge in [-0.25, -0.2) is 4.79 Å². The highest BCUT2D eigenvalue weighted by molar-refractivity contribution is 5.79. The summed E-state index contributed by atoms with van der Waals surface area (Å²) in [5, 5.41) is 18.3. The Morgan fingerprint density at radius 3 is 2.20 bits per heavy atom. The predicted molar refractivity (Wildman–Crippen MR) is 77.2 cm³/mol. The third-order valence-electron chi connectivity index (χ3n) is 3.38. The van der Waals surface area contributed by atoms with E-state index in [1.165, 1.54) is 0 Å². The van der Waals surface area contributed by atoms with Gasteiger partial charge in [0.25, 0.3) is 0 Å². The van der Waals surface area contributed by atoms with E-state index in [0.29, 0.717) is 0 Å². The van der Waals surface area contributed by atoms with Crippen molar-refractivity contribution in [3.63, 3.8) is 0 Å². The average molecular weight is 279 g/mol. The van der Waals surface area contributed by atoms with Crippen LogP contribution in [0.15, 0.2) is 18.2 Å². The summed E-state index contributed by atoms with van der Waals surface area (Å²) in [5.74, 6) is -2.54. The van der Waals surface area contributed by atoms with Crippen molar-refractivity contribution in [3.05, 3.63) is 29.3 Å². The van der Waals surface area contributed by atoms with Gasteiger partial charge in [0.15, 0.2) is 0 Å². The lowest BCUT2D eigenvalue weighted by atomic mass is 10.1. The first-order chi connectivity index (χ1) is 9.23. The van der Waals surface area contributed by atoms with Gasteiger partial charge < -0.3 is 15.1 Å². The molecule has 2 N–H and O–H groups in total. The van der Waals surface area contributed by atoms with E-state index in [4.69, 9.17) is 5.11 Å². The van der Waals surface area contributed by atoms with Gasteiger partial charge in [0.1, 0.15) is 6.04 Å². The Bertz CT molecular complexity index is 513. The van der Waals surface area contributed by atoms with Crippen LogP contribution in [0.3, 0.4) is 0 Å². The molecule has 2 atom stereocenters. The Morgan fingerprint density at radius 1 is 1.15 bits per heavy atom. The molecular weight excluding hydrogens is 258 g/mol. The second kappa shape index (κ2) is 6.41. The summed E-state index contributed by atoms with van der Waals surface area (Å²) >= 11 is 0. The van der Waals surface area contributed by atoms with Gasteiger partial charge in [-0.05, 0) is 32.4 Å². The first kappa shape index (κ1) is 16.0. The molecule has 20 heavy (non-hydrogen) atoms. The molecule has 0 fully saturated rings. The summed E-state index contributed by atoms with van der Waals surface area (Å²) < 4.78 is 0. The molecule has 0 aliphatic carbocycles. The minimum absolute atomic E-state index is 0.159. The summed E-state index contributed by atoms with van der Waals surface area (Å²) in [7, 11) is 0. The molecule has 0 aliphatic heterocycles. The van der Waals surface area contributed by atoms with Gasteiger partial charge in [-0.1, -0.05) is 24.6 Å². The minimum Gasteiger partial charge on any atom is -0.481 e. The van der Waals surface area contributed by atoms with Crippen LogP contribution in [0.25, 0.3) is 0 Å². The molecule has 1 aromatic carbocycles. The van der Waals surface area contributed by atoms with Gasteiger partial charge in [0.05, 0.1) is 5.92 Å². The van der Waals surface area contributed by atoms with E-state index >= 15 is 0 Å². The van der Waals surface area contributed by atoms with E-state index in [9.17, 15) is 14.7 Å². The fourth-order valence-corrected chi connectivity index (χ4v) is 2.10. The lowest BCUT2D eigenvalue weighted by molar-refractivity contribution is -0.142. The van der Waals surface area contributed by atoms with E-state index < -0.39 is 23.9 Å². The maximum absolute atomic E-state index is 11.3. The first-order valence-corrected chi connectivity index (χ1v) is 6.53. The van der Waals surface area contributed by atoms with Crippen LogP contribution in [0.4, 0.5) is 5.69 Å². The molecule has 110 valence electrons. The van der Waals surface area contributed by atoms with Gasteiger partial charge in [0.2, 0.25) is 0 Å². The Hall–Kier alpha value is -2.04. The highest BCUT2D eigenvalue weighted by atomic mass is 16.4. The van der Waals surface area contributed by atoms with Gasteiger partial charge in [-0.2, -0.15) is 0 Å². The number of carboxylic acids is 2. The largest absolute Gasteiger partial charge is 0.481 e. The van der Waals surface area contributed by atoms with Crippen molar-refractivity contribution in [2.45, 2.75) is 33.7 Å². The molecule has 0 heterocycles. The smallest absolute Gasteiger partial charge is 0.326 e. The number of nitrogens with zero attached hydrogens (tertiary/aromatic N) is 1. The summed E-state index contributed by atoms with van der Waals surface area (Å²) in [6, 6.07) is 4.93. The first-order valence-electron chi connectivity index (χ1n) is 6.53. The second-order valence-corrected chi connectivity index (χ2v) is 5.20. The van der Waals surface area contributed by atoms with Crippen LogP contribution in [0.1, 0.15) is 25.0 Å². The third kappa shape index (κ3) is 3.73. The Kier molecular flexibility index (Phi) is 5.13. The fraction of sp³-hybridized carbons (Fsp3) is 0.467. The van der Waals surface area contributed by atoms with Crippen LogP contribution in [0.2, 0.25) is 0 Å². The Labute approximate surface area is 118 Å². The van der Waals surface area contributed by atoms with E-state index in [1.54, 1.807) is 18.7 Å². The lowest BCUT2D eigenvalue weighted by Crippen LogP contribution is -2.43. The zero-order valence-corrected chi connectivity index (χ0v) is 12.3. The molecule has 0 saturated heterocycles. The molecule has 0 aliphatic rings. The van der Waals surface area contributed by atoms with Gasteiger partial charge in [-0.15, -0.1) is 0 Å². The number of carboxylic acid groups (broad SMARTS) is 2. The standard InChI is InChI=1S/C15H21NO4/c1-9-5-6-13(10(2)7-9)16(12(4)15(19)20)8-11(3)14(17)18/h5-7,11-12H,8H2,1-4H3,(H,17,18)(H,19,20). The summed E-state index contributed by atoms with van der Waals surface area (Å²) in [6.07, 6.45) is 0. The number of anilines is 1. The number of rotatable bonds is 6. The van der Waals surface area contributed by atoms with Crippen molar-refractivity contribution in [2.75, 3.05) is 11.4 Å². The van der Waals surface area contributed by atoms with Gasteiger partial charge in [0, 0.05) is 12.2 Å². The maximum atomic E-state index is 11.3. The number of aliphatic carboxylic acids is 2. The Balaban J connectivity index is 3.15. The van der Waals surface area contributed by atoms with Crippen LogP contribution in [0, 0.1) is 19.8 Å². The summed E-state index contributed by atoms with van der Waals surface area (Å²) in [5.41, 5.74) is 2.79. The van der Waals surface area contributed by atoms with Crippen LogP contribution in [0.5, 0.6) is 0 Å². The summed E-state index contributed by atoms with van der Waals surface area (Å²) in [6.45, 7) is 7.16. The molecule has 0 bridgehead atoms. The van der Waals surface area contributed by atoms with Gasteiger partial charge in [-0.3, -0.25) is 4.79 Å². The molecule has 0 radical (unpaired) electrons. The zero-order chi connectivity index (χ0) is 15.4. The number of hydrogen-bond acceptors (Lipinski definition) is 3. The fourth-order valence-electron chi connectivity index (χ4n) is 2.10. The van der Waals surface area contributed by atoms with Gasteiger partial charge >= 0.3 is 11.9 Å². The minimum atomic E-state index is -0.970. The van der Waals surface area contributed by atoms with Crippen molar-refractivity contribution in [1.82, 2.24) is 0 Å². The molecule has 5 nitrogen and oxygen atoms in total. The monoisotopic (exact) mass is 279 g/mol. The average Bonchev–Trinajstić information content (AvgIpc) is 2.35. The molecule has 0 aromatic heterocycles. The zero-order valence-electron chi connectivity index (χ0n) is 12.3. The molecule has 0 spiro atoms.